The van der Waals surface area contributed by atoms with Gasteiger partial charge in [-0.05, 0) is 17.7 Å². The van der Waals surface area contributed by atoms with E-state index in [-0.39, 0.29) is 5.56 Å². The Morgan fingerprint density at radius 2 is 2.12 bits per heavy atom. The summed E-state index contributed by atoms with van der Waals surface area (Å²) in [4.78, 5) is 18.4. The second-order valence-electron chi connectivity index (χ2n) is 5.44. The molecule has 0 bridgehead atoms. The van der Waals surface area contributed by atoms with Crippen molar-refractivity contribution < 1.29 is 13.9 Å². The molecule has 1 aromatic carbocycles. The largest absolute Gasteiger partial charge is 0.497 e. The SMILES string of the molecule is COc1cccc(-c2csc3c(=O)nc(N4CCOCC4)oc23)c1. The molecule has 6 nitrogen and oxygen atoms in total. The van der Waals surface area contributed by atoms with Crippen LogP contribution in [0.3, 0.4) is 0 Å². The zero-order valence-electron chi connectivity index (χ0n) is 13.2. The topological polar surface area (TPSA) is 64.8 Å². The number of anilines is 1. The number of morpholine rings is 1. The van der Waals surface area contributed by atoms with Gasteiger partial charge in [0.1, 0.15) is 10.4 Å². The van der Waals surface area contributed by atoms with E-state index in [2.05, 4.69) is 4.98 Å². The second-order valence-corrected chi connectivity index (χ2v) is 6.32. The minimum Gasteiger partial charge on any atom is -0.497 e. The van der Waals surface area contributed by atoms with Crippen molar-refractivity contribution in [1.82, 2.24) is 4.98 Å². The van der Waals surface area contributed by atoms with Crippen LogP contribution in [0.15, 0.2) is 38.9 Å². The van der Waals surface area contributed by atoms with Gasteiger partial charge in [0.25, 0.3) is 5.56 Å². The predicted molar refractivity (Wildman–Crippen MR) is 93.2 cm³/mol. The van der Waals surface area contributed by atoms with E-state index < -0.39 is 0 Å². The van der Waals surface area contributed by atoms with E-state index in [1.165, 1.54) is 11.3 Å². The third kappa shape index (κ3) is 2.65. The molecule has 3 aromatic rings. The summed E-state index contributed by atoms with van der Waals surface area (Å²) in [5.41, 5.74) is 2.15. The molecule has 0 aliphatic carbocycles. The maximum absolute atomic E-state index is 12.4. The first kappa shape index (κ1) is 15.2. The van der Waals surface area contributed by atoms with Crippen molar-refractivity contribution in [2.24, 2.45) is 0 Å². The van der Waals surface area contributed by atoms with E-state index in [0.717, 1.165) is 16.9 Å². The second kappa shape index (κ2) is 6.26. The Morgan fingerprint density at radius 1 is 1.29 bits per heavy atom. The normalized spacial score (nSPS) is 15.0. The molecule has 0 spiro atoms. The first-order valence-corrected chi connectivity index (χ1v) is 8.53. The van der Waals surface area contributed by atoms with Crippen molar-refractivity contribution >= 4 is 27.6 Å². The van der Waals surface area contributed by atoms with Crippen LogP contribution in [-0.4, -0.2) is 38.4 Å². The molecule has 4 rings (SSSR count). The molecule has 1 aliphatic rings. The van der Waals surface area contributed by atoms with Crippen molar-refractivity contribution in [3.05, 3.63) is 40.0 Å². The highest BCUT2D eigenvalue weighted by atomic mass is 32.1. The molecule has 0 atom stereocenters. The van der Waals surface area contributed by atoms with Gasteiger partial charge in [-0.25, -0.2) is 0 Å². The molecular formula is C17H16N2O4S. The molecule has 0 radical (unpaired) electrons. The number of rotatable bonds is 3. The van der Waals surface area contributed by atoms with Crippen LogP contribution in [0.2, 0.25) is 0 Å². The van der Waals surface area contributed by atoms with Gasteiger partial charge in [0.15, 0.2) is 5.58 Å². The summed E-state index contributed by atoms with van der Waals surface area (Å²) in [5.74, 6) is 0.761. The van der Waals surface area contributed by atoms with Crippen molar-refractivity contribution in [3.8, 4) is 16.9 Å². The lowest BCUT2D eigenvalue weighted by Gasteiger charge is -2.25. The van der Waals surface area contributed by atoms with Gasteiger partial charge in [-0.2, -0.15) is 4.98 Å². The first-order chi connectivity index (χ1) is 11.8. The summed E-state index contributed by atoms with van der Waals surface area (Å²) in [6, 6.07) is 8.06. The van der Waals surface area contributed by atoms with E-state index in [1.54, 1.807) is 7.11 Å². The smallest absolute Gasteiger partial charge is 0.301 e. The average molecular weight is 344 g/mol. The number of nitrogens with zero attached hydrogens (tertiary/aromatic N) is 2. The predicted octanol–water partition coefficient (Wildman–Crippen LogP) is 2.76. The fourth-order valence-electron chi connectivity index (χ4n) is 2.73. The van der Waals surface area contributed by atoms with Crippen LogP contribution in [0.25, 0.3) is 21.4 Å². The average Bonchev–Trinajstić information content (AvgIpc) is 3.07. The highest BCUT2D eigenvalue weighted by Crippen LogP contribution is 2.35. The number of aromatic nitrogens is 1. The summed E-state index contributed by atoms with van der Waals surface area (Å²) in [6.07, 6.45) is 0. The summed E-state index contributed by atoms with van der Waals surface area (Å²) >= 11 is 1.35. The fourth-order valence-corrected chi connectivity index (χ4v) is 3.61. The van der Waals surface area contributed by atoms with E-state index in [9.17, 15) is 4.79 Å². The molecule has 24 heavy (non-hydrogen) atoms. The number of fused-ring (bicyclic) bond motifs is 1. The minimum absolute atomic E-state index is 0.253. The Balaban J connectivity index is 1.84. The molecule has 1 saturated heterocycles. The minimum atomic E-state index is -0.253. The van der Waals surface area contributed by atoms with Crippen molar-refractivity contribution in [2.75, 3.05) is 38.3 Å². The molecule has 3 heterocycles. The Kier molecular flexibility index (Phi) is 3.95. The van der Waals surface area contributed by atoms with E-state index >= 15 is 0 Å². The van der Waals surface area contributed by atoms with E-state index in [1.807, 2.05) is 34.5 Å². The van der Waals surface area contributed by atoms with Gasteiger partial charge in [-0.1, -0.05) is 12.1 Å². The van der Waals surface area contributed by atoms with Crippen LogP contribution in [0.4, 0.5) is 6.01 Å². The fraction of sp³-hybridized carbons (Fsp3) is 0.294. The number of methoxy groups -OCH3 is 1. The molecule has 0 amide bonds. The lowest BCUT2D eigenvalue weighted by Crippen LogP contribution is -2.37. The number of hydrogen-bond donors (Lipinski definition) is 0. The molecular weight excluding hydrogens is 328 g/mol. The molecule has 0 unspecified atom stereocenters. The van der Waals surface area contributed by atoms with Crippen molar-refractivity contribution in [2.45, 2.75) is 0 Å². The molecule has 1 fully saturated rings. The third-order valence-electron chi connectivity index (χ3n) is 3.99. The van der Waals surface area contributed by atoms with Crippen LogP contribution in [-0.2, 0) is 4.74 Å². The summed E-state index contributed by atoms with van der Waals surface area (Å²) in [5, 5.41) is 1.93. The van der Waals surface area contributed by atoms with Gasteiger partial charge in [-0.15, -0.1) is 11.3 Å². The summed E-state index contributed by atoms with van der Waals surface area (Å²) < 4.78 is 17.2. The monoisotopic (exact) mass is 344 g/mol. The van der Waals surface area contributed by atoms with Gasteiger partial charge in [0.2, 0.25) is 0 Å². The van der Waals surface area contributed by atoms with Crippen LogP contribution in [0.5, 0.6) is 5.75 Å². The highest BCUT2D eigenvalue weighted by Gasteiger charge is 2.20. The Hall–Kier alpha value is -2.38. The zero-order chi connectivity index (χ0) is 16.5. The lowest BCUT2D eigenvalue weighted by molar-refractivity contribution is 0.120. The summed E-state index contributed by atoms with van der Waals surface area (Å²) in [6.45, 7) is 2.55. The van der Waals surface area contributed by atoms with Crippen LogP contribution >= 0.6 is 11.3 Å². The molecule has 2 aromatic heterocycles. The van der Waals surface area contributed by atoms with Crippen LogP contribution in [0.1, 0.15) is 0 Å². The molecule has 0 N–H and O–H groups in total. The third-order valence-corrected chi connectivity index (χ3v) is 4.94. The van der Waals surface area contributed by atoms with Gasteiger partial charge >= 0.3 is 6.01 Å². The van der Waals surface area contributed by atoms with Crippen LogP contribution < -0.4 is 15.2 Å². The summed E-state index contributed by atoms with van der Waals surface area (Å²) in [7, 11) is 1.63. The van der Waals surface area contributed by atoms with E-state index in [4.69, 9.17) is 13.9 Å². The van der Waals surface area contributed by atoms with Gasteiger partial charge in [0.05, 0.1) is 20.3 Å². The van der Waals surface area contributed by atoms with E-state index in [0.29, 0.717) is 42.6 Å². The van der Waals surface area contributed by atoms with Gasteiger partial charge < -0.3 is 18.8 Å². The Bertz CT molecular complexity index is 928. The molecule has 124 valence electrons. The number of benzene rings is 1. The maximum atomic E-state index is 12.4. The van der Waals surface area contributed by atoms with Gasteiger partial charge in [0, 0.05) is 24.0 Å². The Labute approximate surface area is 142 Å². The zero-order valence-corrected chi connectivity index (χ0v) is 14.0. The number of thiophene rings is 1. The lowest BCUT2D eigenvalue weighted by atomic mass is 10.1. The van der Waals surface area contributed by atoms with Crippen LogP contribution in [0, 0.1) is 0 Å². The standard InChI is InChI=1S/C17H16N2O4S/c1-21-12-4-2-3-11(9-12)13-10-24-15-14(13)23-17(18-16(15)20)19-5-7-22-8-6-19/h2-4,9-10H,5-8H2,1H3. The van der Waals surface area contributed by atoms with Gasteiger partial charge in [-0.3, -0.25) is 4.79 Å². The number of ether oxygens (including phenoxy) is 2. The Morgan fingerprint density at radius 3 is 2.92 bits per heavy atom. The van der Waals surface area contributed by atoms with Crippen molar-refractivity contribution in [3.63, 3.8) is 0 Å². The van der Waals surface area contributed by atoms with Crippen molar-refractivity contribution in [1.29, 1.82) is 0 Å². The number of hydrogen-bond acceptors (Lipinski definition) is 7. The molecule has 0 saturated carbocycles. The molecule has 7 heteroatoms. The highest BCUT2D eigenvalue weighted by molar-refractivity contribution is 7.17. The maximum Gasteiger partial charge on any atom is 0.301 e. The molecule has 1 aliphatic heterocycles. The first-order valence-electron chi connectivity index (χ1n) is 7.66. The quantitative estimate of drug-likeness (QED) is 0.728.